The second-order valence-electron chi connectivity index (χ2n) is 8.64. The Balaban J connectivity index is 1.41. The van der Waals surface area contributed by atoms with E-state index in [4.69, 9.17) is 10.00 Å². The van der Waals surface area contributed by atoms with Crippen LogP contribution >= 0.6 is 0 Å². The zero-order valence-corrected chi connectivity index (χ0v) is 17.4. The number of allylic oxidation sites excluding steroid dienone is 2. The molecule has 2 fully saturated rings. The second-order valence-corrected chi connectivity index (χ2v) is 8.64. The summed E-state index contributed by atoms with van der Waals surface area (Å²) in [6, 6.07) is 10.6. The number of nitrogens with zero attached hydrogens (tertiary/aromatic N) is 1. The Labute approximate surface area is 173 Å². The highest BCUT2D eigenvalue weighted by Crippen LogP contribution is 2.36. The van der Waals surface area contributed by atoms with Gasteiger partial charge in [0.2, 0.25) is 0 Å². The first-order chi connectivity index (χ1) is 14.1. The molecule has 0 amide bonds. The first kappa shape index (κ1) is 21.6. The van der Waals surface area contributed by atoms with E-state index in [1.807, 2.05) is 0 Å². The fourth-order valence-corrected chi connectivity index (χ4v) is 4.79. The molecule has 0 aliphatic heterocycles. The summed E-state index contributed by atoms with van der Waals surface area (Å²) < 4.78 is 18.9. The predicted octanol–water partition coefficient (Wildman–Crippen LogP) is 6.39. The molecule has 2 aliphatic rings. The smallest absolute Gasteiger partial charge is 0.309 e. The number of carbonyl (C=O) groups is 1. The zero-order valence-electron chi connectivity index (χ0n) is 17.4. The van der Waals surface area contributed by atoms with E-state index in [-0.39, 0.29) is 23.9 Å². The van der Waals surface area contributed by atoms with Crippen molar-refractivity contribution in [1.82, 2.24) is 0 Å². The van der Waals surface area contributed by atoms with Crippen molar-refractivity contribution in [2.75, 3.05) is 0 Å². The van der Waals surface area contributed by atoms with Crippen LogP contribution in [0.2, 0.25) is 0 Å². The molecule has 0 bridgehead atoms. The fraction of sp³-hybridized carbons (Fsp3) is 0.600. The van der Waals surface area contributed by atoms with Crippen molar-refractivity contribution in [1.29, 1.82) is 5.26 Å². The number of carbonyl (C=O) groups excluding carboxylic acids is 1. The quantitative estimate of drug-likeness (QED) is 0.413. The van der Waals surface area contributed by atoms with Crippen LogP contribution in [0.5, 0.6) is 0 Å². The van der Waals surface area contributed by atoms with Gasteiger partial charge in [-0.25, -0.2) is 0 Å². The van der Waals surface area contributed by atoms with Crippen LogP contribution in [0.4, 0.5) is 4.39 Å². The number of esters is 1. The van der Waals surface area contributed by atoms with Gasteiger partial charge in [-0.2, -0.15) is 9.65 Å². The van der Waals surface area contributed by atoms with Crippen molar-refractivity contribution >= 4 is 5.97 Å². The van der Waals surface area contributed by atoms with E-state index in [9.17, 15) is 9.18 Å². The van der Waals surface area contributed by atoms with Gasteiger partial charge in [0.1, 0.15) is 12.2 Å². The molecule has 0 aromatic heterocycles. The van der Waals surface area contributed by atoms with Crippen molar-refractivity contribution in [3.63, 3.8) is 0 Å². The molecular formula is C25H32FNO2. The minimum atomic E-state index is -0.715. The molecule has 3 rings (SSSR count). The van der Waals surface area contributed by atoms with Crippen LogP contribution in [-0.2, 0) is 16.0 Å². The van der Waals surface area contributed by atoms with E-state index in [2.05, 4.69) is 31.2 Å². The lowest BCUT2D eigenvalue weighted by atomic mass is 9.81. The number of aryl methyl sites for hydroxylation is 1. The van der Waals surface area contributed by atoms with Crippen LogP contribution < -0.4 is 0 Å². The Bertz CT molecular complexity index is 733. The molecular weight excluding hydrogens is 365 g/mol. The fourth-order valence-electron chi connectivity index (χ4n) is 4.79. The van der Waals surface area contributed by atoms with Gasteiger partial charge in [0, 0.05) is 0 Å². The number of halogens is 1. The van der Waals surface area contributed by atoms with E-state index in [1.165, 1.54) is 29.7 Å². The molecule has 0 saturated heterocycles. The SMILES string of the molecule is CCCc1ccc([C@H]2CC[C@H](OC(=O)[C@H]3CC[C@H](C=C(F)C#N)CC3)CC2)cc1. The Hall–Kier alpha value is -2.15. The van der Waals surface area contributed by atoms with Gasteiger partial charge in [-0.15, -0.1) is 0 Å². The Kier molecular flexibility index (Phi) is 7.86. The third-order valence-corrected chi connectivity index (χ3v) is 6.54. The molecule has 2 saturated carbocycles. The molecule has 2 aliphatic carbocycles. The highest BCUT2D eigenvalue weighted by atomic mass is 19.1. The number of benzene rings is 1. The number of ether oxygens (including phenoxy) is 1. The minimum Gasteiger partial charge on any atom is -0.462 e. The van der Waals surface area contributed by atoms with Crippen LogP contribution in [0.25, 0.3) is 0 Å². The van der Waals surface area contributed by atoms with Gasteiger partial charge in [0.15, 0.2) is 5.83 Å². The number of hydrogen-bond donors (Lipinski definition) is 0. The lowest BCUT2D eigenvalue weighted by Gasteiger charge is -2.31. The van der Waals surface area contributed by atoms with Gasteiger partial charge in [0.05, 0.1) is 5.92 Å². The molecule has 0 radical (unpaired) electrons. The molecule has 1 aromatic carbocycles. The normalized spacial score (nSPS) is 27.8. The molecule has 0 spiro atoms. The van der Waals surface area contributed by atoms with Gasteiger partial charge < -0.3 is 4.74 Å². The first-order valence-corrected chi connectivity index (χ1v) is 11.2. The van der Waals surface area contributed by atoms with Crippen molar-refractivity contribution in [2.45, 2.75) is 83.2 Å². The second kappa shape index (κ2) is 10.6. The summed E-state index contributed by atoms with van der Waals surface area (Å²) in [5, 5.41) is 8.55. The largest absolute Gasteiger partial charge is 0.462 e. The van der Waals surface area contributed by atoms with Gasteiger partial charge >= 0.3 is 5.97 Å². The lowest BCUT2D eigenvalue weighted by molar-refractivity contribution is -0.157. The molecule has 0 atom stereocenters. The molecule has 29 heavy (non-hydrogen) atoms. The summed E-state index contributed by atoms with van der Waals surface area (Å²) in [7, 11) is 0. The molecule has 1 aromatic rings. The van der Waals surface area contributed by atoms with Crippen molar-refractivity contribution < 1.29 is 13.9 Å². The monoisotopic (exact) mass is 397 g/mol. The molecule has 0 N–H and O–H groups in total. The standard InChI is InChI=1S/C25H32FNO2/c1-2-3-18-4-8-20(9-5-18)21-12-14-24(15-13-21)29-25(28)22-10-6-19(7-11-22)16-23(26)17-27/h4-5,8-9,16,19,21-22,24H,2-3,6-7,10-15H2,1H3/t19-,21-,22-,24-. The summed E-state index contributed by atoms with van der Waals surface area (Å²) in [5.74, 6) is -0.238. The van der Waals surface area contributed by atoms with E-state index in [0.717, 1.165) is 57.8 Å². The van der Waals surface area contributed by atoms with Crippen molar-refractivity contribution in [3.8, 4) is 6.07 Å². The maximum absolute atomic E-state index is 13.1. The van der Waals surface area contributed by atoms with Crippen LogP contribution in [0.3, 0.4) is 0 Å². The van der Waals surface area contributed by atoms with Gasteiger partial charge in [-0.05, 0) is 86.8 Å². The predicted molar refractivity (Wildman–Crippen MR) is 112 cm³/mol. The highest BCUT2D eigenvalue weighted by molar-refractivity contribution is 5.72. The van der Waals surface area contributed by atoms with Gasteiger partial charge in [0.25, 0.3) is 0 Å². The van der Waals surface area contributed by atoms with Crippen molar-refractivity contribution in [2.24, 2.45) is 11.8 Å². The highest BCUT2D eigenvalue weighted by Gasteiger charge is 2.30. The van der Waals surface area contributed by atoms with Crippen LogP contribution in [0, 0.1) is 23.2 Å². The summed E-state index contributed by atoms with van der Waals surface area (Å²) >= 11 is 0. The van der Waals surface area contributed by atoms with E-state index < -0.39 is 5.83 Å². The van der Waals surface area contributed by atoms with Crippen LogP contribution in [-0.4, -0.2) is 12.1 Å². The van der Waals surface area contributed by atoms with E-state index in [0.29, 0.717) is 5.92 Å². The molecule has 3 nitrogen and oxygen atoms in total. The maximum atomic E-state index is 13.1. The summed E-state index contributed by atoms with van der Waals surface area (Å²) in [6.45, 7) is 2.20. The Morgan fingerprint density at radius 1 is 1.10 bits per heavy atom. The Morgan fingerprint density at radius 3 is 2.34 bits per heavy atom. The average molecular weight is 398 g/mol. The molecule has 0 unspecified atom stereocenters. The van der Waals surface area contributed by atoms with Crippen LogP contribution in [0.15, 0.2) is 36.2 Å². The zero-order chi connectivity index (χ0) is 20.6. The molecule has 0 heterocycles. The van der Waals surface area contributed by atoms with Crippen molar-refractivity contribution in [3.05, 3.63) is 47.3 Å². The molecule has 4 heteroatoms. The third-order valence-electron chi connectivity index (χ3n) is 6.54. The van der Waals surface area contributed by atoms with Crippen LogP contribution in [0.1, 0.15) is 81.8 Å². The third kappa shape index (κ3) is 6.16. The summed E-state index contributed by atoms with van der Waals surface area (Å²) in [6.07, 6.45) is 10.7. The maximum Gasteiger partial charge on any atom is 0.309 e. The summed E-state index contributed by atoms with van der Waals surface area (Å²) in [4.78, 5) is 12.5. The average Bonchev–Trinajstić information content (AvgIpc) is 2.75. The number of nitriles is 1. The van der Waals surface area contributed by atoms with E-state index >= 15 is 0 Å². The van der Waals surface area contributed by atoms with Gasteiger partial charge in [-0.3, -0.25) is 4.79 Å². The Morgan fingerprint density at radius 2 is 1.76 bits per heavy atom. The van der Waals surface area contributed by atoms with Gasteiger partial charge in [-0.1, -0.05) is 37.6 Å². The lowest BCUT2D eigenvalue weighted by Crippen LogP contribution is -2.29. The molecule has 156 valence electrons. The topological polar surface area (TPSA) is 50.1 Å². The van der Waals surface area contributed by atoms with E-state index in [1.54, 1.807) is 0 Å². The number of hydrogen-bond acceptors (Lipinski definition) is 3. The minimum absolute atomic E-state index is 0.0340. The summed E-state index contributed by atoms with van der Waals surface area (Å²) in [5.41, 5.74) is 2.81. The number of rotatable bonds is 6. The first-order valence-electron chi connectivity index (χ1n) is 11.2.